The van der Waals surface area contributed by atoms with Crippen LogP contribution >= 0.6 is 0 Å². The maximum atomic E-state index is 13.5. The standard InChI is InChI=1S/C12H9F3N2/c1-6-10(16)2-3-11(17-6)12-8(14)4-7(13)5-9(12)15/h2-5H,16H2,1H3. The summed E-state index contributed by atoms with van der Waals surface area (Å²) in [6.45, 7) is 1.62. The lowest BCUT2D eigenvalue weighted by Gasteiger charge is -2.07. The van der Waals surface area contributed by atoms with Gasteiger partial charge in [0.1, 0.15) is 17.5 Å². The summed E-state index contributed by atoms with van der Waals surface area (Å²) >= 11 is 0. The van der Waals surface area contributed by atoms with E-state index < -0.39 is 17.5 Å². The predicted octanol–water partition coefficient (Wildman–Crippen LogP) is 3.06. The van der Waals surface area contributed by atoms with Crippen LogP contribution < -0.4 is 5.73 Å². The molecule has 1 aromatic heterocycles. The van der Waals surface area contributed by atoms with Crippen LogP contribution in [-0.4, -0.2) is 4.98 Å². The molecule has 0 saturated heterocycles. The Balaban J connectivity index is 2.64. The van der Waals surface area contributed by atoms with Gasteiger partial charge in [0.05, 0.1) is 22.6 Å². The summed E-state index contributed by atoms with van der Waals surface area (Å²) in [4.78, 5) is 3.97. The van der Waals surface area contributed by atoms with Gasteiger partial charge in [-0.05, 0) is 19.1 Å². The third-order valence-electron chi connectivity index (χ3n) is 2.39. The zero-order chi connectivity index (χ0) is 12.6. The summed E-state index contributed by atoms with van der Waals surface area (Å²) in [7, 11) is 0. The fourth-order valence-electron chi connectivity index (χ4n) is 1.50. The van der Waals surface area contributed by atoms with Gasteiger partial charge in [-0.25, -0.2) is 13.2 Å². The Labute approximate surface area is 95.9 Å². The van der Waals surface area contributed by atoms with Crippen LogP contribution in [0.2, 0.25) is 0 Å². The van der Waals surface area contributed by atoms with Crippen molar-refractivity contribution >= 4 is 5.69 Å². The highest BCUT2D eigenvalue weighted by molar-refractivity contribution is 5.63. The number of nitrogen functional groups attached to an aromatic ring is 1. The maximum Gasteiger partial charge on any atom is 0.138 e. The minimum Gasteiger partial charge on any atom is -0.397 e. The molecule has 2 nitrogen and oxygen atoms in total. The normalized spacial score (nSPS) is 10.6. The van der Waals surface area contributed by atoms with Crippen molar-refractivity contribution in [1.29, 1.82) is 0 Å². The molecule has 0 aliphatic carbocycles. The molecule has 0 bridgehead atoms. The Hall–Kier alpha value is -2.04. The fraction of sp³-hybridized carbons (Fsp3) is 0.0833. The molecule has 2 aromatic rings. The highest BCUT2D eigenvalue weighted by Crippen LogP contribution is 2.26. The lowest BCUT2D eigenvalue weighted by atomic mass is 10.1. The first kappa shape index (κ1) is 11.4. The first-order chi connectivity index (χ1) is 7.99. The molecular formula is C12H9F3N2. The average Bonchev–Trinajstić information content (AvgIpc) is 2.21. The van der Waals surface area contributed by atoms with Crippen molar-refractivity contribution in [2.75, 3.05) is 5.73 Å². The van der Waals surface area contributed by atoms with E-state index in [4.69, 9.17) is 5.73 Å². The molecule has 0 aliphatic heterocycles. The molecule has 88 valence electrons. The van der Waals surface area contributed by atoms with Crippen molar-refractivity contribution in [3.63, 3.8) is 0 Å². The SMILES string of the molecule is Cc1nc(-c2c(F)cc(F)cc2F)ccc1N. The summed E-state index contributed by atoms with van der Waals surface area (Å²) in [6, 6.07) is 4.12. The first-order valence-corrected chi connectivity index (χ1v) is 4.87. The fourth-order valence-corrected chi connectivity index (χ4v) is 1.50. The van der Waals surface area contributed by atoms with E-state index >= 15 is 0 Å². The number of nitrogens with two attached hydrogens (primary N) is 1. The zero-order valence-corrected chi connectivity index (χ0v) is 8.97. The predicted molar refractivity (Wildman–Crippen MR) is 58.7 cm³/mol. The van der Waals surface area contributed by atoms with E-state index in [0.29, 0.717) is 23.5 Å². The summed E-state index contributed by atoms with van der Waals surface area (Å²) < 4.78 is 39.7. The average molecular weight is 238 g/mol. The molecule has 0 saturated carbocycles. The van der Waals surface area contributed by atoms with Crippen molar-refractivity contribution < 1.29 is 13.2 Å². The van der Waals surface area contributed by atoms with E-state index in [9.17, 15) is 13.2 Å². The third-order valence-corrected chi connectivity index (χ3v) is 2.39. The summed E-state index contributed by atoms with van der Waals surface area (Å²) in [6.07, 6.45) is 0. The number of benzene rings is 1. The van der Waals surface area contributed by atoms with Crippen molar-refractivity contribution in [2.45, 2.75) is 6.92 Å². The molecule has 17 heavy (non-hydrogen) atoms. The van der Waals surface area contributed by atoms with Gasteiger partial charge in [0.25, 0.3) is 0 Å². The summed E-state index contributed by atoms with van der Waals surface area (Å²) in [5.41, 5.74) is 6.19. The molecule has 0 radical (unpaired) electrons. The Kier molecular flexibility index (Phi) is 2.75. The largest absolute Gasteiger partial charge is 0.397 e. The number of pyridine rings is 1. The van der Waals surface area contributed by atoms with Crippen LogP contribution in [0, 0.1) is 24.4 Å². The summed E-state index contributed by atoms with van der Waals surface area (Å²) in [5, 5.41) is 0. The maximum absolute atomic E-state index is 13.5. The van der Waals surface area contributed by atoms with Crippen molar-refractivity contribution in [3.8, 4) is 11.3 Å². The molecule has 2 N–H and O–H groups in total. The van der Waals surface area contributed by atoms with Crippen LogP contribution in [0.1, 0.15) is 5.69 Å². The molecule has 0 amide bonds. The van der Waals surface area contributed by atoms with E-state index in [1.54, 1.807) is 6.92 Å². The van der Waals surface area contributed by atoms with Gasteiger partial charge < -0.3 is 5.73 Å². The van der Waals surface area contributed by atoms with E-state index in [2.05, 4.69) is 4.98 Å². The second-order valence-electron chi connectivity index (χ2n) is 3.62. The Morgan fingerprint density at radius 3 is 2.18 bits per heavy atom. The third kappa shape index (κ3) is 2.08. The number of hydrogen-bond donors (Lipinski definition) is 1. The van der Waals surface area contributed by atoms with Crippen LogP contribution in [0.25, 0.3) is 11.3 Å². The van der Waals surface area contributed by atoms with Gasteiger partial charge >= 0.3 is 0 Å². The van der Waals surface area contributed by atoms with Crippen LogP contribution in [0.15, 0.2) is 24.3 Å². The zero-order valence-electron chi connectivity index (χ0n) is 8.97. The van der Waals surface area contributed by atoms with Gasteiger partial charge in [0.2, 0.25) is 0 Å². The molecule has 0 unspecified atom stereocenters. The first-order valence-electron chi connectivity index (χ1n) is 4.87. The van der Waals surface area contributed by atoms with Crippen LogP contribution in [0.5, 0.6) is 0 Å². The number of anilines is 1. The Morgan fingerprint density at radius 1 is 1.06 bits per heavy atom. The second kappa shape index (κ2) is 4.08. The number of rotatable bonds is 1. The van der Waals surface area contributed by atoms with Crippen LogP contribution in [-0.2, 0) is 0 Å². The number of aromatic nitrogens is 1. The van der Waals surface area contributed by atoms with Gasteiger partial charge in [-0.3, -0.25) is 4.98 Å². The molecule has 1 aromatic carbocycles. The highest BCUT2D eigenvalue weighted by atomic mass is 19.1. The number of hydrogen-bond acceptors (Lipinski definition) is 2. The topological polar surface area (TPSA) is 38.9 Å². The molecule has 0 aliphatic rings. The molecule has 5 heteroatoms. The lowest BCUT2D eigenvalue weighted by Crippen LogP contribution is -1.98. The molecule has 1 heterocycles. The van der Waals surface area contributed by atoms with Gasteiger partial charge in [0.15, 0.2) is 0 Å². The Bertz CT molecular complexity index is 559. The van der Waals surface area contributed by atoms with E-state index in [1.807, 2.05) is 0 Å². The van der Waals surface area contributed by atoms with Crippen molar-refractivity contribution in [1.82, 2.24) is 4.98 Å². The van der Waals surface area contributed by atoms with Gasteiger partial charge in [0, 0.05) is 12.1 Å². The van der Waals surface area contributed by atoms with Gasteiger partial charge in [-0.2, -0.15) is 0 Å². The minimum absolute atomic E-state index is 0.0895. The number of nitrogens with zero attached hydrogens (tertiary/aromatic N) is 1. The van der Waals surface area contributed by atoms with E-state index in [1.165, 1.54) is 12.1 Å². The van der Waals surface area contributed by atoms with Gasteiger partial charge in [-0.1, -0.05) is 0 Å². The van der Waals surface area contributed by atoms with Crippen molar-refractivity contribution in [3.05, 3.63) is 47.4 Å². The minimum atomic E-state index is -0.987. The summed E-state index contributed by atoms with van der Waals surface area (Å²) in [5.74, 6) is -2.94. The monoisotopic (exact) mass is 238 g/mol. The molecule has 0 spiro atoms. The van der Waals surface area contributed by atoms with Crippen LogP contribution in [0.4, 0.5) is 18.9 Å². The second-order valence-corrected chi connectivity index (χ2v) is 3.62. The highest BCUT2D eigenvalue weighted by Gasteiger charge is 2.15. The number of halogens is 3. The van der Waals surface area contributed by atoms with Gasteiger partial charge in [-0.15, -0.1) is 0 Å². The number of aryl methyl sites for hydroxylation is 1. The van der Waals surface area contributed by atoms with Crippen molar-refractivity contribution in [2.24, 2.45) is 0 Å². The van der Waals surface area contributed by atoms with E-state index in [0.717, 1.165) is 0 Å². The quantitative estimate of drug-likeness (QED) is 0.829. The molecule has 0 fully saturated rings. The Morgan fingerprint density at radius 2 is 1.65 bits per heavy atom. The van der Waals surface area contributed by atoms with E-state index in [-0.39, 0.29) is 11.3 Å². The lowest BCUT2D eigenvalue weighted by molar-refractivity contribution is 0.547. The smallest absolute Gasteiger partial charge is 0.138 e. The molecule has 0 atom stereocenters. The van der Waals surface area contributed by atoms with Crippen LogP contribution in [0.3, 0.4) is 0 Å². The molecule has 2 rings (SSSR count). The molecular weight excluding hydrogens is 229 g/mol.